The normalized spacial score (nSPS) is 15.9. The quantitative estimate of drug-likeness (QED) is 0.192. The van der Waals surface area contributed by atoms with E-state index in [0.717, 1.165) is 55.8 Å². The second-order valence-corrected chi connectivity index (χ2v) is 10.1. The van der Waals surface area contributed by atoms with Gasteiger partial charge in [0.15, 0.2) is 0 Å². The van der Waals surface area contributed by atoms with E-state index in [2.05, 4.69) is 34.3 Å². The number of hydrogen-bond donors (Lipinski definition) is 3. The Morgan fingerprint density at radius 2 is 2.00 bits per heavy atom. The molecule has 0 spiro atoms. The lowest BCUT2D eigenvalue weighted by atomic mass is 9.91. The molecule has 0 bridgehead atoms. The van der Waals surface area contributed by atoms with Gasteiger partial charge in [0.25, 0.3) is 0 Å². The van der Waals surface area contributed by atoms with Gasteiger partial charge in [-0.15, -0.1) is 0 Å². The standard InChI is InChI=1S/C31H34N4O5/c1-19-6-4-7-25(27-8-5-9-28(33-27)34-30(38-3)26(14-32)31(36)37)29(19)40-16-22-11-10-21-15-35(23-17-39-18-23)13-12-24(21)20(22)2/h4-11,14,23,32H,12-13,15-18H2,1-3H3,(H,33,34)(H,36,37)/b30-26-,32-14?. The highest BCUT2D eigenvalue weighted by atomic mass is 16.5. The molecule has 0 radical (unpaired) electrons. The SMILES string of the molecule is CO/C(Nc1cccc(-c2cccc(C)c2OCc2ccc3c(c2C)CCN(C2COC2)C3)n1)=C(/C=N)C(=O)O. The molecule has 1 fully saturated rings. The van der Waals surface area contributed by atoms with Crippen molar-refractivity contribution in [1.29, 1.82) is 5.41 Å². The van der Waals surface area contributed by atoms with Crippen molar-refractivity contribution >= 4 is 18.0 Å². The molecule has 0 aliphatic carbocycles. The van der Waals surface area contributed by atoms with Crippen LogP contribution in [0.5, 0.6) is 5.75 Å². The molecule has 0 amide bonds. The van der Waals surface area contributed by atoms with E-state index in [9.17, 15) is 9.90 Å². The average molecular weight is 543 g/mol. The summed E-state index contributed by atoms with van der Waals surface area (Å²) in [7, 11) is 1.34. The molecule has 2 aliphatic heterocycles. The van der Waals surface area contributed by atoms with Crippen LogP contribution in [0.15, 0.2) is 60.0 Å². The van der Waals surface area contributed by atoms with Crippen LogP contribution in [0, 0.1) is 19.3 Å². The van der Waals surface area contributed by atoms with Gasteiger partial charge in [-0.1, -0.05) is 30.3 Å². The zero-order chi connectivity index (χ0) is 28.2. The number of aromatic nitrogens is 1. The molecule has 1 saturated heterocycles. The fraction of sp³-hybridized carbons (Fsp3) is 0.323. The minimum atomic E-state index is -1.27. The molecule has 0 unspecified atom stereocenters. The number of para-hydroxylation sites is 1. The van der Waals surface area contributed by atoms with Gasteiger partial charge in [0.2, 0.25) is 5.88 Å². The number of carboxylic acids is 1. The smallest absolute Gasteiger partial charge is 0.342 e. The molecule has 5 rings (SSSR count). The van der Waals surface area contributed by atoms with Crippen molar-refractivity contribution in [1.82, 2.24) is 9.88 Å². The minimum absolute atomic E-state index is 0.0695. The Morgan fingerprint density at radius 1 is 1.20 bits per heavy atom. The molecule has 3 heterocycles. The van der Waals surface area contributed by atoms with Crippen LogP contribution >= 0.6 is 0 Å². The maximum Gasteiger partial charge on any atom is 0.342 e. The number of aryl methyl sites for hydroxylation is 1. The number of carbonyl (C=O) groups is 1. The number of anilines is 1. The first-order valence-electron chi connectivity index (χ1n) is 13.3. The zero-order valence-electron chi connectivity index (χ0n) is 23.0. The number of benzene rings is 2. The number of hydrogen-bond acceptors (Lipinski definition) is 8. The summed E-state index contributed by atoms with van der Waals surface area (Å²) in [5.74, 6) is -0.211. The van der Waals surface area contributed by atoms with Crippen molar-refractivity contribution in [2.45, 2.75) is 39.5 Å². The second-order valence-electron chi connectivity index (χ2n) is 10.1. The van der Waals surface area contributed by atoms with Gasteiger partial charge >= 0.3 is 5.97 Å². The molecule has 9 heteroatoms. The monoisotopic (exact) mass is 542 g/mol. The van der Waals surface area contributed by atoms with E-state index in [1.165, 1.54) is 29.4 Å². The highest BCUT2D eigenvalue weighted by molar-refractivity contribution is 6.08. The van der Waals surface area contributed by atoms with E-state index < -0.39 is 5.97 Å². The van der Waals surface area contributed by atoms with Crippen LogP contribution < -0.4 is 10.1 Å². The molecule has 9 nitrogen and oxygen atoms in total. The molecule has 2 aliphatic rings. The third kappa shape index (κ3) is 5.57. The fourth-order valence-electron chi connectivity index (χ4n) is 5.23. The van der Waals surface area contributed by atoms with E-state index in [1.807, 2.05) is 37.3 Å². The number of rotatable bonds is 10. The topological polar surface area (TPSA) is 117 Å². The molecule has 40 heavy (non-hydrogen) atoms. The number of nitrogens with zero attached hydrogens (tertiary/aromatic N) is 2. The Hall–Kier alpha value is -4.21. The molecular weight excluding hydrogens is 508 g/mol. The average Bonchev–Trinajstić information content (AvgIpc) is 2.92. The van der Waals surface area contributed by atoms with E-state index in [4.69, 9.17) is 19.6 Å². The number of nitrogens with one attached hydrogen (secondary N) is 2. The summed E-state index contributed by atoms with van der Waals surface area (Å²) in [6.07, 6.45) is 1.76. The summed E-state index contributed by atoms with van der Waals surface area (Å²) < 4.78 is 17.0. The van der Waals surface area contributed by atoms with Gasteiger partial charge in [-0.2, -0.15) is 0 Å². The molecule has 1 aromatic heterocycles. The maximum absolute atomic E-state index is 11.5. The zero-order valence-corrected chi connectivity index (χ0v) is 23.0. The van der Waals surface area contributed by atoms with E-state index in [-0.39, 0.29) is 11.5 Å². The second kappa shape index (κ2) is 11.9. The lowest BCUT2D eigenvalue weighted by Gasteiger charge is -2.40. The number of methoxy groups -OCH3 is 1. The van der Waals surface area contributed by atoms with Gasteiger partial charge in [0.1, 0.15) is 23.7 Å². The largest absolute Gasteiger partial charge is 0.488 e. The fourth-order valence-corrected chi connectivity index (χ4v) is 5.23. The van der Waals surface area contributed by atoms with Gasteiger partial charge in [-0.25, -0.2) is 9.78 Å². The highest BCUT2D eigenvalue weighted by Crippen LogP contribution is 2.34. The summed E-state index contributed by atoms with van der Waals surface area (Å²) in [5, 5.41) is 19.7. The molecule has 0 saturated carbocycles. The van der Waals surface area contributed by atoms with Gasteiger partial charge in [-0.3, -0.25) is 4.90 Å². The van der Waals surface area contributed by atoms with Crippen molar-refractivity contribution in [3.05, 3.63) is 87.8 Å². The summed E-state index contributed by atoms with van der Waals surface area (Å²) in [5.41, 5.74) is 7.44. The van der Waals surface area contributed by atoms with Gasteiger partial charge in [0, 0.05) is 24.9 Å². The highest BCUT2D eigenvalue weighted by Gasteiger charge is 2.29. The molecular formula is C31H34N4O5. The molecule has 3 aromatic rings. The van der Waals surface area contributed by atoms with Gasteiger partial charge in [-0.05, 0) is 66.3 Å². The van der Waals surface area contributed by atoms with E-state index in [0.29, 0.717) is 24.2 Å². The number of pyridine rings is 1. The number of ether oxygens (including phenoxy) is 3. The number of carboxylic acid groups (broad SMARTS) is 1. The Balaban J connectivity index is 1.37. The summed E-state index contributed by atoms with van der Waals surface area (Å²) >= 11 is 0. The predicted molar refractivity (Wildman–Crippen MR) is 153 cm³/mol. The number of fused-ring (bicyclic) bond motifs is 1. The third-order valence-corrected chi connectivity index (χ3v) is 7.64. The van der Waals surface area contributed by atoms with Crippen molar-refractivity contribution in [2.24, 2.45) is 0 Å². The van der Waals surface area contributed by atoms with Gasteiger partial charge < -0.3 is 30.0 Å². The van der Waals surface area contributed by atoms with Crippen LogP contribution in [0.25, 0.3) is 11.3 Å². The Kier molecular flexibility index (Phi) is 8.14. The van der Waals surface area contributed by atoms with Crippen molar-refractivity contribution in [2.75, 3.05) is 32.2 Å². The lowest BCUT2D eigenvalue weighted by Crippen LogP contribution is -2.50. The Labute approximate surface area is 233 Å². The first kappa shape index (κ1) is 27.4. The minimum Gasteiger partial charge on any atom is -0.488 e. The molecule has 3 N–H and O–H groups in total. The van der Waals surface area contributed by atoms with E-state index in [1.54, 1.807) is 6.07 Å². The van der Waals surface area contributed by atoms with Crippen molar-refractivity contribution in [3.8, 4) is 17.0 Å². The van der Waals surface area contributed by atoms with Crippen LogP contribution in [0.1, 0.15) is 27.8 Å². The first-order valence-corrected chi connectivity index (χ1v) is 13.3. The molecule has 0 atom stereocenters. The Bertz CT molecular complexity index is 1460. The summed E-state index contributed by atoms with van der Waals surface area (Å²) in [6, 6.07) is 16.3. The lowest BCUT2D eigenvalue weighted by molar-refractivity contribution is -0.132. The van der Waals surface area contributed by atoms with Crippen molar-refractivity contribution in [3.63, 3.8) is 0 Å². The van der Waals surface area contributed by atoms with Crippen LogP contribution in [0.2, 0.25) is 0 Å². The molecule has 2 aromatic carbocycles. The third-order valence-electron chi connectivity index (χ3n) is 7.64. The summed E-state index contributed by atoms with van der Waals surface area (Å²) in [6.45, 7) is 8.33. The molecule has 208 valence electrons. The van der Waals surface area contributed by atoms with Gasteiger partial charge in [0.05, 0.1) is 32.1 Å². The van der Waals surface area contributed by atoms with Crippen LogP contribution in [0.3, 0.4) is 0 Å². The maximum atomic E-state index is 11.5. The predicted octanol–water partition coefficient (Wildman–Crippen LogP) is 4.71. The van der Waals surface area contributed by atoms with Crippen LogP contribution in [-0.2, 0) is 33.8 Å². The Morgan fingerprint density at radius 3 is 2.70 bits per heavy atom. The van der Waals surface area contributed by atoms with Crippen molar-refractivity contribution < 1.29 is 24.1 Å². The first-order chi connectivity index (χ1) is 19.4. The number of aliphatic carboxylic acids is 1. The van der Waals surface area contributed by atoms with Crippen LogP contribution in [0.4, 0.5) is 5.82 Å². The van der Waals surface area contributed by atoms with E-state index >= 15 is 0 Å². The summed E-state index contributed by atoms with van der Waals surface area (Å²) in [4.78, 5) is 18.7. The van der Waals surface area contributed by atoms with Crippen LogP contribution in [-0.4, -0.2) is 60.1 Å².